The van der Waals surface area contributed by atoms with Gasteiger partial charge in [0.05, 0.1) is 23.9 Å². The highest BCUT2D eigenvalue weighted by Crippen LogP contribution is 2.32. The summed E-state index contributed by atoms with van der Waals surface area (Å²) in [5, 5.41) is 10.1. The molecule has 6 heteroatoms. The SMILES string of the molecule is COc1ccc(C(O)CCC(C)=O)nc1-c1ccc(F)c(Cl)c1. The molecule has 0 aliphatic rings. The number of Topliss-reactive ketones (excluding diaryl/α,β-unsaturated/α-hetero) is 1. The maximum atomic E-state index is 13.3. The summed E-state index contributed by atoms with van der Waals surface area (Å²) in [6, 6.07) is 7.55. The maximum Gasteiger partial charge on any atom is 0.145 e. The van der Waals surface area contributed by atoms with Gasteiger partial charge in [-0.1, -0.05) is 11.6 Å². The first-order valence-corrected chi connectivity index (χ1v) is 7.48. The van der Waals surface area contributed by atoms with Crippen molar-refractivity contribution in [3.8, 4) is 17.0 Å². The number of carbonyl (C=O) groups is 1. The molecule has 0 spiro atoms. The van der Waals surface area contributed by atoms with Crippen LogP contribution in [0.15, 0.2) is 30.3 Å². The molecule has 1 unspecified atom stereocenters. The lowest BCUT2D eigenvalue weighted by Gasteiger charge is -2.14. The van der Waals surface area contributed by atoms with E-state index >= 15 is 0 Å². The number of nitrogens with zero attached hydrogens (tertiary/aromatic N) is 1. The molecule has 2 rings (SSSR count). The normalized spacial score (nSPS) is 12.0. The van der Waals surface area contributed by atoms with Crippen LogP contribution in [0.25, 0.3) is 11.3 Å². The van der Waals surface area contributed by atoms with Crippen LogP contribution in [0.3, 0.4) is 0 Å². The van der Waals surface area contributed by atoms with E-state index in [9.17, 15) is 14.3 Å². The lowest BCUT2D eigenvalue weighted by Crippen LogP contribution is -2.05. The van der Waals surface area contributed by atoms with Crippen LogP contribution in [0.1, 0.15) is 31.6 Å². The minimum Gasteiger partial charge on any atom is -0.494 e. The molecule has 0 aliphatic carbocycles. The van der Waals surface area contributed by atoms with E-state index in [2.05, 4.69) is 4.98 Å². The van der Waals surface area contributed by atoms with Crippen molar-refractivity contribution in [2.75, 3.05) is 7.11 Å². The predicted octanol–water partition coefficient (Wildman–Crippen LogP) is 3.95. The zero-order chi connectivity index (χ0) is 17.0. The lowest BCUT2D eigenvalue weighted by molar-refractivity contribution is -0.117. The Morgan fingerprint density at radius 3 is 2.74 bits per heavy atom. The van der Waals surface area contributed by atoms with E-state index in [1.807, 2.05) is 0 Å². The first-order chi connectivity index (χ1) is 10.9. The molecule has 0 fully saturated rings. The fourth-order valence-electron chi connectivity index (χ4n) is 2.15. The monoisotopic (exact) mass is 337 g/mol. The van der Waals surface area contributed by atoms with Crippen LogP contribution in [-0.4, -0.2) is 23.0 Å². The minimum atomic E-state index is -0.862. The summed E-state index contributed by atoms with van der Waals surface area (Å²) in [4.78, 5) is 15.4. The van der Waals surface area contributed by atoms with Crippen molar-refractivity contribution in [2.45, 2.75) is 25.9 Å². The first kappa shape index (κ1) is 17.4. The van der Waals surface area contributed by atoms with E-state index in [1.54, 1.807) is 12.1 Å². The van der Waals surface area contributed by atoms with Crippen molar-refractivity contribution in [2.24, 2.45) is 0 Å². The second-order valence-electron chi connectivity index (χ2n) is 5.17. The predicted molar refractivity (Wildman–Crippen MR) is 86.1 cm³/mol. The van der Waals surface area contributed by atoms with Gasteiger partial charge < -0.3 is 14.6 Å². The third-order valence-electron chi connectivity index (χ3n) is 3.40. The fourth-order valence-corrected chi connectivity index (χ4v) is 2.33. The number of halogens is 2. The van der Waals surface area contributed by atoms with Crippen molar-refractivity contribution in [3.63, 3.8) is 0 Å². The molecule has 122 valence electrons. The quantitative estimate of drug-likeness (QED) is 0.867. The van der Waals surface area contributed by atoms with Crippen molar-refractivity contribution in [1.82, 2.24) is 4.98 Å². The van der Waals surface area contributed by atoms with E-state index in [-0.39, 0.29) is 23.6 Å². The number of aliphatic hydroxyl groups is 1. The average Bonchev–Trinajstić information content (AvgIpc) is 2.54. The second kappa shape index (κ2) is 7.53. The highest BCUT2D eigenvalue weighted by molar-refractivity contribution is 6.31. The molecule has 1 heterocycles. The zero-order valence-corrected chi connectivity index (χ0v) is 13.6. The Bertz CT molecular complexity index is 721. The van der Waals surface area contributed by atoms with Crippen LogP contribution in [0.2, 0.25) is 5.02 Å². The number of aliphatic hydroxyl groups excluding tert-OH is 1. The van der Waals surface area contributed by atoms with Gasteiger partial charge in [0.2, 0.25) is 0 Å². The second-order valence-corrected chi connectivity index (χ2v) is 5.58. The first-order valence-electron chi connectivity index (χ1n) is 7.10. The van der Waals surface area contributed by atoms with Crippen molar-refractivity contribution < 1.29 is 19.0 Å². The molecule has 1 aromatic heterocycles. The van der Waals surface area contributed by atoms with E-state index in [1.165, 1.54) is 32.2 Å². The molecule has 1 aromatic carbocycles. The Balaban J connectivity index is 2.39. The van der Waals surface area contributed by atoms with Gasteiger partial charge in [0.1, 0.15) is 23.0 Å². The van der Waals surface area contributed by atoms with Gasteiger partial charge in [-0.25, -0.2) is 9.37 Å². The number of pyridine rings is 1. The van der Waals surface area contributed by atoms with E-state index in [4.69, 9.17) is 16.3 Å². The standard InChI is InChI=1S/C17H17ClFNO3/c1-10(21)3-7-15(22)14-6-8-16(23-2)17(20-14)11-4-5-13(19)12(18)9-11/h4-6,8-9,15,22H,3,7H2,1-2H3. The zero-order valence-electron chi connectivity index (χ0n) is 12.8. The Hall–Kier alpha value is -1.98. The number of methoxy groups -OCH3 is 1. The molecule has 2 aromatic rings. The van der Waals surface area contributed by atoms with Crippen LogP contribution >= 0.6 is 11.6 Å². The molecule has 0 bridgehead atoms. The van der Waals surface area contributed by atoms with Crippen LogP contribution in [0, 0.1) is 5.82 Å². The summed E-state index contributed by atoms with van der Waals surface area (Å²) < 4.78 is 18.6. The number of rotatable bonds is 6. The number of hydrogen-bond donors (Lipinski definition) is 1. The lowest BCUT2D eigenvalue weighted by atomic mass is 10.1. The molecule has 0 saturated heterocycles. The summed E-state index contributed by atoms with van der Waals surface area (Å²) >= 11 is 5.82. The van der Waals surface area contributed by atoms with Gasteiger partial charge in [-0.15, -0.1) is 0 Å². The third kappa shape index (κ3) is 4.27. The summed E-state index contributed by atoms with van der Waals surface area (Å²) in [5.41, 5.74) is 1.45. The van der Waals surface area contributed by atoms with E-state index < -0.39 is 11.9 Å². The molecule has 1 N–H and O–H groups in total. The van der Waals surface area contributed by atoms with Crippen LogP contribution in [0.5, 0.6) is 5.75 Å². The highest BCUT2D eigenvalue weighted by atomic mass is 35.5. The highest BCUT2D eigenvalue weighted by Gasteiger charge is 2.16. The maximum absolute atomic E-state index is 13.3. The van der Waals surface area contributed by atoms with Gasteiger partial charge >= 0.3 is 0 Å². The molecule has 4 nitrogen and oxygen atoms in total. The van der Waals surface area contributed by atoms with Gasteiger partial charge in [0.25, 0.3) is 0 Å². The minimum absolute atomic E-state index is 0.00287. The van der Waals surface area contributed by atoms with Crippen molar-refractivity contribution >= 4 is 17.4 Å². The van der Waals surface area contributed by atoms with Crippen molar-refractivity contribution in [3.05, 3.63) is 46.9 Å². The molecular formula is C17H17ClFNO3. The van der Waals surface area contributed by atoms with Crippen LogP contribution < -0.4 is 4.74 Å². The summed E-state index contributed by atoms with van der Waals surface area (Å²) in [6.07, 6.45) is -0.301. The van der Waals surface area contributed by atoms with E-state index in [0.29, 0.717) is 22.7 Å². The fraction of sp³-hybridized carbons (Fsp3) is 0.294. The molecule has 0 amide bonds. The molecule has 23 heavy (non-hydrogen) atoms. The molecule has 1 atom stereocenters. The number of carbonyl (C=O) groups excluding carboxylic acids is 1. The summed E-state index contributed by atoms with van der Waals surface area (Å²) in [5.74, 6) is -0.0367. The van der Waals surface area contributed by atoms with Crippen molar-refractivity contribution in [1.29, 1.82) is 0 Å². The largest absolute Gasteiger partial charge is 0.494 e. The molecule has 0 saturated carbocycles. The Morgan fingerprint density at radius 2 is 2.13 bits per heavy atom. The number of hydrogen-bond acceptors (Lipinski definition) is 4. The van der Waals surface area contributed by atoms with Gasteiger partial charge in [0.15, 0.2) is 0 Å². The third-order valence-corrected chi connectivity index (χ3v) is 3.69. The summed E-state index contributed by atoms with van der Waals surface area (Å²) in [7, 11) is 1.50. The van der Waals surface area contributed by atoms with Crippen LogP contribution in [-0.2, 0) is 4.79 Å². The average molecular weight is 338 g/mol. The topological polar surface area (TPSA) is 59.4 Å². The molecule has 0 aliphatic heterocycles. The number of ketones is 1. The van der Waals surface area contributed by atoms with Gasteiger partial charge in [-0.3, -0.25) is 0 Å². The molecule has 0 radical (unpaired) electrons. The smallest absolute Gasteiger partial charge is 0.145 e. The number of ether oxygens (including phenoxy) is 1. The van der Waals surface area contributed by atoms with E-state index in [0.717, 1.165) is 0 Å². The van der Waals surface area contributed by atoms with Crippen LogP contribution in [0.4, 0.5) is 4.39 Å². The number of benzene rings is 1. The van der Waals surface area contributed by atoms with Gasteiger partial charge in [-0.2, -0.15) is 0 Å². The van der Waals surface area contributed by atoms with Gasteiger partial charge in [0, 0.05) is 12.0 Å². The molecular weight excluding hydrogens is 321 g/mol. The Labute approximate surface area is 138 Å². The Morgan fingerprint density at radius 1 is 1.39 bits per heavy atom. The van der Waals surface area contributed by atoms with Gasteiger partial charge in [-0.05, 0) is 43.7 Å². The summed E-state index contributed by atoms with van der Waals surface area (Å²) in [6.45, 7) is 1.47. The Kier molecular flexibility index (Phi) is 5.69. The number of aromatic nitrogens is 1.